The highest BCUT2D eigenvalue weighted by Gasteiger charge is 2.35. The van der Waals surface area contributed by atoms with Crippen molar-refractivity contribution >= 4 is 17.7 Å². The van der Waals surface area contributed by atoms with Gasteiger partial charge in [0.15, 0.2) is 5.16 Å². The van der Waals surface area contributed by atoms with Crippen LogP contribution in [-0.2, 0) is 0 Å². The van der Waals surface area contributed by atoms with E-state index in [1.54, 1.807) is 19.5 Å². The molecule has 1 aliphatic heterocycles. The summed E-state index contributed by atoms with van der Waals surface area (Å²) in [6, 6.07) is 5.50. The molecule has 132 valence electrons. The normalized spacial score (nSPS) is 18.0. The molecule has 0 bridgehead atoms. The Morgan fingerprint density at radius 3 is 2.72 bits per heavy atom. The second kappa shape index (κ2) is 6.92. The van der Waals surface area contributed by atoms with Crippen molar-refractivity contribution in [3.05, 3.63) is 41.7 Å². The number of ether oxygens (including phenoxy) is 2. The minimum Gasteiger partial charge on any atom is -0.497 e. The summed E-state index contributed by atoms with van der Waals surface area (Å²) in [6.45, 7) is 4.01. The Morgan fingerprint density at radius 2 is 2.08 bits per heavy atom. The first-order valence-electron chi connectivity index (χ1n) is 7.96. The lowest BCUT2D eigenvalue weighted by atomic mass is 9.89. The van der Waals surface area contributed by atoms with E-state index in [1.807, 2.05) is 38.3 Å². The minimum atomic E-state index is -0.392. The van der Waals surface area contributed by atoms with Gasteiger partial charge in [-0.15, -0.1) is 0 Å². The van der Waals surface area contributed by atoms with Crippen LogP contribution < -0.4 is 14.8 Å². The molecule has 0 radical (unpaired) electrons. The molecule has 1 N–H and O–H groups in total. The Bertz CT molecular complexity index is 778. The van der Waals surface area contributed by atoms with Crippen LogP contribution in [0, 0.1) is 0 Å². The molecule has 3 rings (SSSR count). The maximum atomic E-state index is 12.6. The average molecular weight is 359 g/mol. The van der Waals surface area contributed by atoms with E-state index in [0.29, 0.717) is 17.1 Å². The van der Waals surface area contributed by atoms with Gasteiger partial charge in [0.05, 0.1) is 18.7 Å². The molecule has 0 aliphatic carbocycles. The SMILES string of the molecule is COc1ccc2c(c1)OC(C)(C)C[C@H]2NC(=O)c1cnc(SC)nc1. The van der Waals surface area contributed by atoms with E-state index in [0.717, 1.165) is 17.1 Å². The van der Waals surface area contributed by atoms with Crippen molar-refractivity contribution in [2.45, 2.75) is 37.1 Å². The molecule has 1 aliphatic rings. The van der Waals surface area contributed by atoms with Crippen LogP contribution in [0.3, 0.4) is 0 Å². The number of methoxy groups -OCH3 is 1. The Hall–Kier alpha value is -2.28. The van der Waals surface area contributed by atoms with Crippen molar-refractivity contribution in [2.75, 3.05) is 13.4 Å². The number of aromatic nitrogens is 2. The van der Waals surface area contributed by atoms with Crippen molar-refractivity contribution in [1.82, 2.24) is 15.3 Å². The van der Waals surface area contributed by atoms with Crippen molar-refractivity contribution in [2.24, 2.45) is 0 Å². The molecular formula is C18H21N3O3S. The first-order valence-corrected chi connectivity index (χ1v) is 9.18. The van der Waals surface area contributed by atoms with Gasteiger partial charge >= 0.3 is 0 Å². The van der Waals surface area contributed by atoms with Crippen LogP contribution in [0.4, 0.5) is 0 Å². The molecule has 1 atom stereocenters. The third kappa shape index (κ3) is 3.87. The summed E-state index contributed by atoms with van der Waals surface area (Å²) in [7, 11) is 1.62. The largest absolute Gasteiger partial charge is 0.497 e. The Kier molecular flexibility index (Phi) is 4.85. The highest BCUT2D eigenvalue weighted by atomic mass is 32.2. The summed E-state index contributed by atoms with van der Waals surface area (Å²) in [6.07, 6.45) is 5.66. The predicted octanol–water partition coefficient (Wildman–Crippen LogP) is 3.24. The number of nitrogens with zero attached hydrogens (tertiary/aromatic N) is 2. The fraction of sp³-hybridized carbons (Fsp3) is 0.389. The van der Waals surface area contributed by atoms with Gasteiger partial charge in [-0.1, -0.05) is 11.8 Å². The number of thioether (sulfide) groups is 1. The second-order valence-electron chi connectivity index (χ2n) is 6.45. The van der Waals surface area contributed by atoms with Crippen LogP contribution in [0.5, 0.6) is 11.5 Å². The fourth-order valence-corrected chi connectivity index (χ4v) is 3.18. The molecule has 0 saturated heterocycles. The number of benzene rings is 1. The molecule has 0 unspecified atom stereocenters. The minimum absolute atomic E-state index is 0.155. The van der Waals surface area contributed by atoms with E-state index in [1.165, 1.54) is 11.8 Å². The summed E-state index contributed by atoms with van der Waals surface area (Å²) in [5.41, 5.74) is 0.989. The van der Waals surface area contributed by atoms with Gasteiger partial charge in [0.2, 0.25) is 0 Å². The van der Waals surface area contributed by atoms with Crippen LogP contribution in [0.2, 0.25) is 0 Å². The summed E-state index contributed by atoms with van der Waals surface area (Å²) in [5.74, 6) is 1.26. The second-order valence-corrected chi connectivity index (χ2v) is 7.23. The first kappa shape index (κ1) is 17.5. The lowest BCUT2D eigenvalue weighted by molar-refractivity contribution is 0.0617. The molecule has 1 amide bonds. The highest BCUT2D eigenvalue weighted by Crippen LogP contribution is 2.41. The van der Waals surface area contributed by atoms with E-state index in [4.69, 9.17) is 9.47 Å². The summed E-state index contributed by atoms with van der Waals surface area (Å²) in [4.78, 5) is 20.9. The van der Waals surface area contributed by atoms with Gasteiger partial charge in [-0.2, -0.15) is 0 Å². The molecule has 0 saturated carbocycles. The molecule has 7 heteroatoms. The predicted molar refractivity (Wildman–Crippen MR) is 96.3 cm³/mol. The molecule has 1 aromatic carbocycles. The van der Waals surface area contributed by atoms with E-state index >= 15 is 0 Å². The van der Waals surface area contributed by atoms with Crippen LogP contribution in [0.25, 0.3) is 0 Å². The average Bonchev–Trinajstić information content (AvgIpc) is 2.60. The van der Waals surface area contributed by atoms with Gasteiger partial charge in [0.25, 0.3) is 5.91 Å². The van der Waals surface area contributed by atoms with E-state index in [-0.39, 0.29) is 11.9 Å². The van der Waals surface area contributed by atoms with Crippen molar-refractivity contribution in [1.29, 1.82) is 0 Å². The molecular weight excluding hydrogens is 338 g/mol. The zero-order valence-electron chi connectivity index (χ0n) is 14.7. The zero-order chi connectivity index (χ0) is 18.0. The Labute approximate surface area is 151 Å². The topological polar surface area (TPSA) is 73.3 Å². The number of carbonyl (C=O) groups is 1. The van der Waals surface area contributed by atoms with Gasteiger partial charge in [0.1, 0.15) is 17.1 Å². The summed E-state index contributed by atoms with van der Waals surface area (Å²) >= 11 is 1.44. The van der Waals surface area contributed by atoms with Crippen molar-refractivity contribution in [3.8, 4) is 11.5 Å². The Morgan fingerprint density at radius 1 is 1.36 bits per heavy atom. The van der Waals surface area contributed by atoms with E-state index in [9.17, 15) is 4.79 Å². The first-order chi connectivity index (χ1) is 11.9. The van der Waals surface area contributed by atoms with Gasteiger partial charge in [-0.3, -0.25) is 4.79 Å². The standard InChI is InChI=1S/C18H21N3O3S/c1-18(2)8-14(13-6-5-12(23-3)7-15(13)24-18)21-16(22)11-9-19-17(25-4)20-10-11/h5-7,9-10,14H,8H2,1-4H3,(H,21,22)/t14-/m1/s1. The van der Waals surface area contributed by atoms with Crippen LogP contribution in [-0.4, -0.2) is 34.8 Å². The summed E-state index contributed by atoms with van der Waals surface area (Å²) < 4.78 is 11.3. The number of rotatable bonds is 4. The van der Waals surface area contributed by atoms with E-state index in [2.05, 4.69) is 15.3 Å². The molecule has 1 aromatic heterocycles. The third-order valence-corrected chi connectivity index (χ3v) is 4.63. The molecule has 2 aromatic rings. The molecule has 25 heavy (non-hydrogen) atoms. The zero-order valence-corrected chi connectivity index (χ0v) is 15.5. The molecule has 6 nitrogen and oxygen atoms in total. The quantitative estimate of drug-likeness (QED) is 0.667. The van der Waals surface area contributed by atoms with Crippen molar-refractivity contribution < 1.29 is 14.3 Å². The third-order valence-electron chi connectivity index (χ3n) is 4.06. The van der Waals surface area contributed by atoms with Gasteiger partial charge in [-0.25, -0.2) is 9.97 Å². The summed E-state index contributed by atoms with van der Waals surface area (Å²) in [5, 5.41) is 3.72. The number of nitrogens with one attached hydrogen (secondary N) is 1. The Balaban J connectivity index is 1.85. The van der Waals surface area contributed by atoms with E-state index < -0.39 is 5.60 Å². The molecule has 2 heterocycles. The molecule has 0 spiro atoms. The highest BCUT2D eigenvalue weighted by molar-refractivity contribution is 7.98. The van der Waals surface area contributed by atoms with Gasteiger partial charge in [0, 0.05) is 30.4 Å². The van der Waals surface area contributed by atoms with Crippen molar-refractivity contribution in [3.63, 3.8) is 0 Å². The molecule has 0 fully saturated rings. The lowest BCUT2D eigenvalue weighted by Gasteiger charge is -2.38. The number of hydrogen-bond donors (Lipinski definition) is 1. The van der Waals surface area contributed by atoms with Crippen LogP contribution in [0.15, 0.2) is 35.7 Å². The maximum Gasteiger partial charge on any atom is 0.254 e. The number of amides is 1. The van der Waals surface area contributed by atoms with Gasteiger partial charge in [-0.05, 0) is 32.2 Å². The lowest BCUT2D eigenvalue weighted by Crippen LogP contribution is -2.41. The van der Waals surface area contributed by atoms with Crippen LogP contribution >= 0.6 is 11.8 Å². The number of hydrogen-bond acceptors (Lipinski definition) is 6. The number of fused-ring (bicyclic) bond motifs is 1. The van der Waals surface area contributed by atoms with Gasteiger partial charge < -0.3 is 14.8 Å². The van der Waals surface area contributed by atoms with Crippen LogP contribution in [0.1, 0.15) is 42.2 Å². The maximum absolute atomic E-state index is 12.6. The smallest absolute Gasteiger partial charge is 0.254 e. The number of carbonyl (C=O) groups excluding carboxylic acids is 1. The monoisotopic (exact) mass is 359 g/mol. The fourth-order valence-electron chi connectivity index (χ4n) is 2.87.